The molecule has 1 aromatic carbocycles. The van der Waals surface area contributed by atoms with Gasteiger partial charge in [-0.3, -0.25) is 0 Å². The first kappa shape index (κ1) is 15.5. The van der Waals surface area contributed by atoms with Crippen LogP contribution in [0.5, 0.6) is 0 Å². The predicted molar refractivity (Wildman–Crippen MR) is 76.4 cm³/mol. The van der Waals surface area contributed by atoms with Gasteiger partial charge in [-0.05, 0) is 24.6 Å². The van der Waals surface area contributed by atoms with Crippen LogP contribution >= 0.6 is 0 Å². The third-order valence-corrected chi connectivity index (χ3v) is 3.34. The van der Waals surface area contributed by atoms with E-state index in [4.69, 9.17) is 15.6 Å². The van der Waals surface area contributed by atoms with Crippen LogP contribution in [0, 0.1) is 0 Å². The fourth-order valence-electron chi connectivity index (χ4n) is 1.45. The van der Waals surface area contributed by atoms with Crippen LogP contribution in [0.25, 0.3) is 0 Å². The molecular formula is C12H19N3O3S. The summed E-state index contributed by atoms with van der Waals surface area (Å²) in [7, 11) is -3.77. The first-order valence-corrected chi connectivity index (χ1v) is 7.34. The lowest BCUT2D eigenvalue weighted by Gasteiger charge is -2.09. The first-order chi connectivity index (χ1) is 8.95. The molecule has 1 aromatic rings. The Balaban J connectivity index is 2.48. The third kappa shape index (κ3) is 5.29. The summed E-state index contributed by atoms with van der Waals surface area (Å²) in [5, 5.41) is 8.09. The minimum atomic E-state index is -3.77. The summed E-state index contributed by atoms with van der Waals surface area (Å²) in [4.78, 5) is -0.0692. The Hall–Kier alpha value is -1.57. The minimum Gasteiger partial charge on any atom is -0.398 e. The lowest BCUT2D eigenvalue weighted by Crippen LogP contribution is -2.15. The maximum atomic E-state index is 11.2. The molecule has 0 aliphatic heterocycles. The van der Waals surface area contributed by atoms with E-state index in [-0.39, 0.29) is 10.6 Å². The molecule has 0 atom stereocenters. The van der Waals surface area contributed by atoms with Gasteiger partial charge >= 0.3 is 0 Å². The molecule has 5 N–H and O–H groups in total. The number of hydrogen-bond donors (Lipinski definition) is 3. The number of rotatable bonds is 8. The van der Waals surface area contributed by atoms with Crippen LogP contribution in [0.4, 0.5) is 11.4 Å². The van der Waals surface area contributed by atoms with Gasteiger partial charge in [-0.15, -0.1) is 6.58 Å². The zero-order chi connectivity index (χ0) is 14.3. The van der Waals surface area contributed by atoms with Gasteiger partial charge in [0, 0.05) is 12.2 Å². The molecule has 1 rings (SSSR count). The molecule has 0 amide bonds. The number of benzene rings is 1. The highest BCUT2D eigenvalue weighted by molar-refractivity contribution is 7.89. The van der Waals surface area contributed by atoms with Crippen molar-refractivity contribution in [2.45, 2.75) is 11.3 Å². The summed E-state index contributed by atoms with van der Waals surface area (Å²) in [6.45, 7) is 5.38. The van der Waals surface area contributed by atoms with E-state index in [1.807, 2.05) is 0 Å². The van der Waals surface area contributed by atoms with E-state index in [1.165, 1.54) is 12.1 Å². The van der Waals surface area contributed by atoms with Crippen LogP contribution in [0.15, 0.2) is 35.7 Å². The van der Waals surface area contributed by atoms with Gasteiger partial charge in [0.1, 0.15) is 4.90 Å². The van der Waals surface area contributed by atoms with Gasteiger partial charge in [0.15, 0.2) is 0 Å². The third-order valence-electron chi connectivity index (χ3n) is 2.36. The van der Waals surface area contributed by atoms with Crippen LogP contribution in [-0.4, -0.2) is 28.2 Å². The number of nitrogens with one attached hydrogen (secondary N) is 1. The van der Waals surface area contributed by atoms with Gasteiger partial charge in [0.05, 0.1) is 18.9 Å². The molecule has 0 aliphatic carbocycles. The highest BCUT2D eigenvalue weighted by Gasteiger charge is 2.11. The zero-order valence-electron chi connectivity index (χ0n) is 10.6. The van der Waals surface area contributed by atoms with E-state index in [0.29, 0.717) is 19.8 Å². The van der Waals surface area contributed by atoms with E-state index in [1.54, 1.807) is 12.1 Å². The number of anilines is 2. The fourth-order valence-corrected chi connectivity index (χ4v) is 2.10. The standard InChI is InChI=1S/C12H19N3O3S/c1-2-3-7-18-8-6-15-10-4-5-12(11(13)9-10)19(14,16)17/h2,4-5,9,15H,1,3,6-8,13H2,(H2,14,16,17). The van der Waals surface area contributed by atoms with E-state index in [2.05, 4.69) is 11.9 Å². The summed E-state index contributed by atoms with van der Waals surface area (Å²) in [5.74, 6) is 0. The van der Waals surface area contributed by atoms with Crippen LogP contribution in [0.2, 0.25) is 0 Å². The van der Waals surface area contributed by atoms with Crippen molar-refractivity contribution in [3.8, 4) is 0 Å². The fraction of sp³-hybridized carbons (Fsp3) is 0.333. The highest BCUT2D eigenvalue weighted by Crippen LogP contribution is 2.21. The minimum absolute atomic E-state index is 0.0692. The van der Waals surface area contributed by atoms with Crippen molar-refractivity contribution in [2.75, 3.05) is 30.8 Å². The molecular weight excluding hydrogens is 266 g/mol. The molecule has 0 spiro atoms. The molecule has 0 aliphatic rings. The average molecular weight is 285 g/mol. The number of primary sulfonamides is 1. The zero-order valence-corrected chi connectivity index (χ0v) is 11.4. The lowest BCUT2D eigenvalue weighted by molar-refractivity contribution is 0.149. The summed E-state index contributed by atoms with van der Waals surface area (Å²) >= 11 is 0. The van der Waals surface area contributed by atoms with Crippen LogP contribution in [0.1, 0.15) is 6.42 Å². The Morgan fingerprint density at radius 3 is 2.68 bits per heavy atom. The summed E-state index contributed by atoms with van der Waals surface area (Å²) in [6.07, 6.45) is 2.61. The number of nitrogen functional groups attached to an aromatic ring is 1. The maximum Gasteiger partial charge on any atom is 0.240 e. The van der Waals surface area contributed by atoms with Gasteiger partial charge in [0.25, 0.3) is 0 Å². The average Bonchev–Trinajstić information content (AvgIpc) is 2.32. The number of sulfonamides is 1. The van der Waals surface area contributed by atoms with E-state index in [0.717, 1.165) is 12.1 Å². The molecule has 19 heavy (non-hydrogen) atoms. The monoisotopic (exact) mass is 285 g/mol. The second-order valence-corrected chi connectivity index (χ2v) is 5.44. The Morgan fingerprint density at radius 2 is 2.11 bits per heavy atom. The quantitative estimate of drug-likeness (QED) is 0.374. The molecule has 6 nitrogen and oxygen atoms in total. The van der Waals surface area contributed by atoms with Crippen LogP contribution in [-0.2, 0) is 14.8 Å². The molecule has 0 heterocycles. The molecule has 0 radical (unpaired) electrons. The molecule has 0 saturated heterocycles. The van der Waals surface area contributed by atoms with Crippen LogP contribution in [0.3, 0.4) is 0 Å². The van der Waals surface area contributed by atoms with Crippen LogP contribution < -0.4 is 16.2 Å². The lowest BCUT2D eigenvalue weighted by atomic mass is 10.3. The van der Waals surface area contributed by atoms with Gasteiger partial charge in [-0.2, -0.15) is 0 Å². The van der Waals surface area contributed by atoms with E-state index in [9.17, 15) is 8.42 Å². The molecule has 0 bridgehead atoms. The first-order valence-electron chi connectivity index (χ1n) is 5.80. The number of nitrogens with two attached hydrogens (primary N) is 2. The second kappa shape index (κ2) is 7.13. The SMILES string of the molecule is C=CCCOCCNc1ccc(S(N)(=O)=O)c(N)c1. The summed E-state index contributed by atoms with van der Waals surface area (Å²) in [5.41, 5.74) is 6.48. The Bertz CT molecular complexity index is 529. The molecule has 0 fully saturated rings. The van der Waals surface area contributed by atoms with Crippen molar-refractivity contribution in [1.82, 2.24) is 0 Å². The normalized spacial score (nSPS) is 11.2. The van der Waals surface area contributed by atoms with Gasteiger partial charge in [-0.25, -0.2) is 13.6 Å². The largest absolute Gasteiger partial charge is 0.398 e. The summed E-state index contributed by atoms with van der Waals surface area (Å²) < 4.78 is 27.7. The molecule has 0 saturated carbocycles. The van der Waals surface area contributed by atoms with Gasteiger partial charge < -0.3 is 15.8 Å². The van der Waals surface area contributed by atoms with E-state index < -0.39 is 10.0 Å². The molecule has 0 unspecified atom stereocenters. The van der Waals surface area contributed by atoms with Crippen molar-refractivity contribution in [3.05, 3.63) is 30.9 Å². The Labute approximate surface area is 113 Å². The molecule has 106 valence electrons. The molecule has 7 heteroatoms. The van der Waals surface area contributed by atoms with Crippen molar-refractivity contribution >= 4 is 21.4 Å². The van der Waals surface area contributed by atoms with Gasteiger partial charge in [0.2, 0.25) is 10.0 Å². The van der Waals surface area contributed by atoms with Crippen molar-refractivity contribution in [2.24, 2.45) is 5.14 Å². The van der Waals surface area contributed by atoms with Gasteiger partial charge in [-0.1, -0.05) is 6.08 Å². The molecule has 0 aromatic heterocycles. The Kier molecular flexibility index (Phi) is 5.81. The number of ether oxygens (including phenoxy) is 1. The van der Waals surface area contributed by atoms with Crippen molar-refractivity contribution < 1.29 is 13.2 Å². The summed E-state index contributed by atoms with van der Waals surface area (Å²) in [6, 6.07) is 4.52. The number of hydrogen-bond acceptors (Lipinski definition) is 5. The smallest absolute Gasteiger partial charge is 0.240 e. The highest BCUT2D eigenvalue weighted by atomic mass is 32.2. The predicted octanol–water partition coefficient (Wildman–Crippen LogP) is 0.921. The Morgan fingerprint density at radius 1 is 1.37 bits per heavy atom. The van der Waals surface area contributed by atoms with Crippen molar-refractivity contribution in [3.63, 3.8) is 0 Å². The van der Waals surface area contributed by atoms with E-state index >= 15 is 0 Å². The maximum absolute atomic E-state index is 11.2. The van der Waals surface area contributed by atoms with Crippen molar-refractivity contribution in [1.29, 1.82) is 0 Å². The second-order valence-electron chi connectivity index (χ2n) is 3.91. The topological polar surface area (TPSA) is 107 Å².